The van der Waals surface area contributed by atoms with E-state index < -0.39 is 11.6 Å². The van der Waals surface area contributed by atoms with Crippen LogP contribution < -0.4 is 11.1 Å². The summed E-state index contributed by atoms with van der Waals surface area (Å²) in [6.45, 7) is 2.20. The molecule has 4 heteroatoms. The van der Waals surface area contributed by atoms with Crippen molar-refractivity contribution < 1.29 is 8.78 Å². The maximum absolute atomic E-state index is 13.4. The van der Waals surface area contributed by atoms with Crippen molar-refractivity contribution in [1.82, 2.24) is 0 Å². The minimum Gasteiger partial charge on any atom is -0.398 e. The van der Waals surface area contributed by atoms with E-state index in [0.29, 0.717) is 11.3 Å². The highest BCUT2D eigenvalue weighted by Gasteiger charge is 2.04. The topological polar surface area (TPSA) is 38.0 Å². The zero-order chi connectivity index (χ0) is 13.1. The van der Waals surface area contributed by atoms with Crippen LogP contribution in [-0.4, -0.2) is 0 Å². The summed E-state index contributed by atoms with van der Waals surface area (Å²) in [5.41, 5.74) is 8.67. The molecule has 18 heavy (non-hydrogen) atoms. The van der Waals surface area contributed by atoms with Crippen molar-refractivity contribution in [2.75, 3.05) is 11.1 Å². The lowest BCUT2D eigenvalue weighted by Crippen LogP contribution is -2.03. The van der Waals surface area contributed by atoms with Gasteiger partial charge in [-0.3, -0.25) is 0 Å². The minimum absolute atomic E-state index is 0.286. The first kappa shape index (κ1) is 12.4. The van der Waals surface area contributed by atoms with Crippen molar-refractivity contribution in [1.29, 1.82) is 0 Å². The fraction of sp³-hybridized carbons (Fsp3) is 0.143. The molecule has 0 saturated heterocycles. The van der Waals surface area contributed by atoms with Gasteiger partial charge >= 0.3 is 0 Å². The third-order valence-corrected chi connectivity index (χ3v) is 2.78. The molecule has 94 valence electrons. The standard InChI is InChI=1S/C14H14F2N2/c1-9-2-5-12(7-14(9)17)18-8-10-3-4-11(15)6-13(10)16/h2-7,18H,8,17H2,1H3. The minimum atomic E-state index is -0.573. The number of benzene rings is 2. The van der Waals surface area contributed by atoms with Gasteiger partial charge < -0.3 is 11.1 Å². The van der Waals surface area contributed by atoms with Crippen molar-refractivity contribution in [2.45, 2.75) is 13.5 Å². The second-order valence-electron chi connectivity index (χ2n) is 4.16. The Bertz CT molecular complexity index is 568. The van der Waals surface area contributed by atoms with Gasteiger partial charge in [-0.15, -0.1) is 0 Å². The Hall–Kier alpha value is -2.10. The van der Waals surface area contributed by atoms with Crippen molar-refractivity contribution in [2.24, 2.45) is 0 Å². The van der Waals surface area contributed by atoms with Crippen LogP contribution >= 0.6 is 0 Å². The van der Waals surface area contributed by atoms with Gasteiger partial charge in [-0.05, 0) is 30.7 Å². The molecule has 2 nitrogen and oxygen atoms in total. The van der Waals surface area contributed by atoms with Gasteiger partial charge in [0.1, 0.15) is 11.6 Å². The van der Waals surface area contributed by atoms with Gasteiger partial charge in [-0.2, -0.15) is 0 Å². The smallest absolute Gasteiger partial charge is 0.131 e. The van der Waals surface area contributed by atoms with E-state index in [2.05, 4.69) is 5.32 Å². The third-order valence-electron chi connectivity index (χ3n) is 2.78. The predicted octanol–water partition coefficient (Wildman–Crippen LogP) is 3.47. The first-order valence-electron chi connectivity index (χ1n) is 5.60. The molecular formula is C14H14F2N2. The lowest BCUT2D eigenvalue weighted by atomic mass is 10.1. The van der Waals surface area contributed by atoms with Crippen molar-refractivity contribution in [3.8, 4) is 0 Å². The Morgan fingerprint density at radius 2 is 1.89 bits per heavy atom. The van der Waals surface area contributed by atoms with Crippen LogP contribution in [0, 0.1) is 18.6 Å². The summed E-state index contributed by atoms with van der Waals surface area (Å²) in [5, 5.41) is 3.05. The maximum atomic E-state index is 13.4. The Morgan fingerprint density at radius 3 is 2.56 bits per heavy atom. The van der Waals surface area contributed by atoms with Gasteiger partial charge in [0.2, 0.25) is 0 Å². The number of nitrogens with two attached hydrogens (primary N) is 1. The van der Waals surface area contributed by atoms with Crippen LogP contribution in [0.1, 0.15) is 11.1 Å². The van der Waals surface area contributed by atoms with E-state index in [1.807, 2.05) is 19.1 Å². The number of rotatable bonds is 3. The number of nitrogen functional groups attached to an aromatic ring is 1. The molecule has 2 rings (SSSR count). The fourth-order valence-electron chi connectivity index (χ4n) is 1.61. The highest BCUT2D eigenvalue weighted by Crippen LogP contribution is 2.18. The van der Waals surface area contributed by atoms with Gasteiger partial charge in [0.05, 0.1) is 0 Å². The average molecular weight is 248 g/mol. The number of hydrogen-bond acceptors (Lipinski definition) is 2. The van der Waals surface area contributed by atoms with Gasteiger partial charge in [0.15, 0.2) is 0 Å². The molecular weight excluding hydrogens is 234 g/mol. The summed E-state index contributed by atoms with van der Waals surface area (Å²) in [4.78, 5) is 0. The molecule has 3 N–H and O–H groups in total. The fourth-order valence-corrected chi connectivity index (χ4v) is 1.61. The first-order valence-corrected chi connectivity index (χ1v) is 5.60. The summed E-state index contributed by atoms with van der Waals surface area (Å²) in [6.07, 6.45) is 0. The Morgan fingerprint density at radius 1 is 1.11 bits per heavy atom. The summed E-state index contributed by atoms with van der Waals surface area (Å²) < 4.78 is 26.1. The lowest BCUT2D eigenvalue weighted by Gasteiger charge is -2.09. The van der Waals surface area contributed by atoms with Crippen LogP contribution in [0.3, 0.4) is 0 Å². The Kier molecular flexibility index (Phi) is 3.46. The van der Waals surface area contributed by atoms with E-state index in [4.69, 9.17) is 5.73 Å². The van der Waals surface area contributed by atoms with Gasteiger partial charge in [-0.25, -0.2) is 8.78 Å². The highest BCUT2D eigenvalue weighted by molar-refractivity contribution is 5.58. The van der Waals surface area contributed by atoms with Gasteiger partial charge in [0.25, 0.3) is 0 Å². The van der Waals surface area contributed by atoms with Crippen LogP contribution in [0.5, 0.6) is 0 Å². The SMILES string of the molecule is Cc1ccc(NCc2ccc(F)cc2F)cc1N. The quantitative estimate of drug-likeness (QED) is 0.816. The van der Waals surface area contributed by atoms with E-state index in [-0.39, 0.29) is 6.54 Å². The van der Waals surface area contributed by atoms with Crippen molar-refractivity contribution in [3.05, 3.63) is 59.2 Å². The van der Waals surface area contributed by atoms with E-state index in [1.54, 1.807) is 6.07 Å². The molecule has 0 fully saturated rings. The maximum Gasteiger partial charge on any atom is 0.131 e. The van der Waals surface area contributed by atoms with Gasteiger partial charge in [0, 0.05) is 29.5 Å². The molecule has 0 aliphatic heterocycles. The molecule has 0 amide bonds. The molecule has 0 aliphatic carbocycles. The van der Waals surface area contributed by atoms with Gasteiger partial charge in [-0.1, -0.05) is 12.1 Å². The zero-order valence-electron chi connectivity index (χ0n) is 10.0. The summed E-state index contributed by atoms with van der Waals surface area (Å²) in [7, 11) is 0. The molecule has 0 bridgehead atoms. The molecule has 0 radical (unpaired) electrons. The van der Waals surface area contributed by atoms with E-state index in [1.165, 1.54) is 12.1 Å². The Balaban J connectivity index is 2.09. The second kappa shape index (κ2) is 5.04. The third kappa shape index (κ3) is 2.77. The van der Waals surface area contributed by atoms with Crippen LogP contribution in [0.4, 0.5) is 20.2 Å². The summed E-state index contributed by atoms with van der Waals surface area (Å²) in [5.74, 6) is -1.13. The average Bonchev–Trinajstić information content (AvgIpc) is 2.32. The highest BCUT2D eigenvalue weighted by atomic mass is 19.1. The number of halogens is 2. The predicted molar refractivity (Wildman–Crippen MR) is 69.3 cm³/mol. The second-order valence-corrected chi connectivity index (χ2v) is 4.16. The molecule has 2 aromatic rings. The number of aryl methyl sites for hydroxylation is 1. The summed E-state index contributed by atoms with van der Waals surface area (Å²) >= 11 is 0. The van der Waals surface area contributed by atoms with Crippen LogP contribution in [0.25, 0.3) is 0 Å². The van der Waals surface area contributed by atoms with Crippen LogP contribution in [-0.2, 0) is 6.54 Å². The molecule has 0 unspecified atom stereocenters. The molecule has 0 aromatic heterocycles. The van der Waals surface area contributed by atoms with Crippen LogP contribution in [0.15, 0.2) is 36.4 Å². The normalized spacial score (nSPS) is 10.4. The molecule has 0 heterocycles. The largest absolute Gasteiger partial charge is 0.398 e. The number of anilines is 2. The summed E-state index contributed by atoms with van der Waals surface area (Å²) in [6, 6.07) is 9.09. The zero-order valence-corrected chi connectivity index (χ0v) is 10.0. The number of hydrogen-bond donors (Lipinski definition) is 2. The molecule has 2 aromatic carbocycles. The van der Waals surface area contributed by atoms with Crippen LogP contribution in [0.2, 0.25) is 0 Å². The van der Waals surface area contributed by atoms with E-state index in [9.17, 15) is 8.78 Å². The molecule has 0 aliphatic rings. The molecule has 0 atom stereocenters. The first-order chi connectivity index (χ1) is 8.56. The van der Waals surface area contributed by atoms with E-state index >= 15 is 0 Å². The molecule has 0 spiro atoms. The molecule has 0 saturated carbocycles. The lowest BCUT2D eigenvalue weighted by molar-refractivity contribution is 0.574. The number of nitrogens with one attached hydrogen (secondary N) is 1. The van der Waals surface area contributed by atoms with Crippen molar-refractivity contribution in [3.63, 3.8) is 0 Å². The van der Waals surface area contributed by atoms with Crippen molar-refractivity contribution >= 4 is 11.4 Å². The monoisotopic (exact) mass is 248 g/mol. The Labute approximate surface area is 104 Å². The van der Waals surface area contributed by atoms with E-state index in [0.717, 1.165) is 17.3 Å².